The predicted octanol–water partition coefficient (Wildman–Crippen LogP) is 2.27. The number of hydrogen-bond donors (Lipinski definition) is 0. The molecule has 0 spiro atoms. The zero-order valence-electron chi connectivity index (χ0n) is 13.0. The molecule has 24 heavy (non-hydrogen) atoms. The summed E-state index contributed by atoms with van der Waals surface area (Å²) in [5.74, 6) is -0.502. The van der Waals surface area contributed by atoms with E-state index in [-0.39, 0.29) is 17.0 Å². The maximum atomic E-state index is 15.1. The van der Waals surface area contributed by atoms with E-state index in [4.69, 9.17) is 11.6 Å². The third kappa shape index (κ3) is 2.07. The van der Waals surface area contributed by atoms with Gasteiger partial charge in [0.1, 0.15) is 12.1 Å². The molecule has 1 saturated heterocycles. The number of amides is 1. The molecule has 4 rings (SSSR count). The molecule has 2 atom stereocenters. The Kier molecular flexibility index (Phi) is 3.42. The average Bonchev–Trinajstić information content (AvgIpc) is 3.20. The van der Waals surface area contributed by atoms with Gasteiger partial charge in [-0.2, -0.15) is 0 Å². The standard InChI is InChI=1S/C16H15ClFN5O/c1-16(7-8-22-12(16)3-2-4-13(22)24)14-11(23-9-19-20-21-23)6-5-10(17)15(14)18/h2,4-6,9,12H,3,7-8H2,1H3. The van der Waals surface area contributed by atoms with Crippen molar-refractivity contribution in [3.63, 3.8) is 0 Å². The largest absolute Gasteiger partial charge is 0.335 e. The summed E-state index contributed by atoms with van der Waals surface area (Å²) in [5, 5.41) is 11.2. The lowest BCUT2D eigenvalue weighted by Gasteiger charge is -2.37. The van der Waals surface area contributed by atoms with E-state index >= 15 is 4.39 Å². The Morgan fingerprint density at radius 3 is 3.00 bits per heavy atom. The summed E-state index contributed by atoms with van der Waals surface area (Å²) >= 11 is 6.06. The molecule has 8 heteroatoms. The first-order valence-electron chi connectivity index (χ1n) is 7.71. The first kappa shape index (κ1) is 15.3. The smallest absolute Gasteiger partial charge is 0.246 e. The molecule has 2 aliphatic rings. The van der Waals surface area contributed by atoms with Crippen molar-refractivity contribution in [2.75, 3.05) is 6.54 Å². The molecule has 6 nitrogen and oxygen atoms in total. The van der Waals surface area contributed by atoms with Gasteiger partial charge in [-0.25, -0.2) is 9.07 Å². The van der Waals surface area contributed by atoms with Crippen molar-refractivity contribution in [1.82, 2.24) is 25.1 Å². The van der Waals surface area contributed by atoms with Crippen LogP contribution >= 0.6 is 11.6 Å². The van der Waals surface area contributed by atoms with Gasteiger partial charge < -0.3 is 4.90 Å². The van der Waals surface area contributed by atoms with Crippen LogP contribution in [0.4, 0.5) is 4.39 Å². The summed E-state index contributed by atoms with van der Waals surface area (Å²) in [7, 11) is 0. The molecule has 0 saturated carbocycles. The van der Waals surface area contributed by atoms with Crippen LogP contribution in [0.1, 0.15) is 25.3 Å². The molecule has 0 bridgehead atoms. The highest BCUT2D eigenvalue weighted by Crippen LogP contribution is 2.46. The number of benzene rings is 1. The fourth-order valence-corrected chi connectivity index (χ4v) is 4.06. The Labute approximate surface area is 142 Å². The first-order chi connectivity index (χ1) is 11.5. The van der Waals surface area contributed by atoms with Crippen LogP contribution in [-0.2, 0) is 10.2 Å². The summed E-state index contributed by atoms with van der Waals surface area (Å²) in [6.07, 6.45) is 6.19. The van der Waals surface area contributed by atoms with Gasteiger partial charge >= 0.3 is 0 Å². The zero-order chi connectivity index (χ0) is 16.9. The maximum absolute atomic E-state index is 15.1. The fraction of sp³-hybridized carbons (Fsp3) is 0.375. The average molecular weight is 348 g/mol. The first-order valence-corrected chi connectivity index (χ1v) is 8.09. The van der Waals surface area contributed by atoms with E-state index in [9.17, 15) is 4.79 Å². The highest BCUT2D eigenvalue weighted by atomic mass is 35.5. The van der Waals surface area contributed by atoms with Crippen molar-refractivity contribution in [2.45, 2.75) is 31.2 Å². The van der Waals surface area contributed by atoms with Crippen molar-refractivity contribution in [3.05, 3.63) is 47.0 Å². The number of carbonyl (C=O) groups is 1. The monoisotopic (exact) mass is 347 g/mol. The Bertz CT molecular complexity index is 837. The van der Waals surface area contributed by atoms with Gasteiger partial charge in [0.05, 0.1) is 10.7 Å². The van der Waals surface area contributed by atoms with Crippen LogP contribution in [0.3, 0.4) is 0 Å². The Morgan fingerprint density at radius 1 is 1.42 bits per heavy atom. The lowest BCUT2D eigenvalue weighted by Crippen LogP contribution is -2.45. The second-order valence-electron chi connectivity index (χ2n) is 6.36. The number of carbonyl (C=O) groups excluding carboxylic acids is 1. The molecule has 3 heterocycles. The topological polar surface area (TPSA) is 63.9 Å². The number of rotatable bonds is 2. The van der Waals surface area contributed by atoms with Crippen LogP contribution in [0.5, 0.6) is 0 Å². The Hall–Kier alpha value is -2.28. The highest BCUT2D eigenvalue weighted by Gasteiger charge is 2.49. The summed E-state index contributed by atoms with van der Waals surface area (Å²) in [4.78, 5) is 14.0. The van der Waals surface area contributed by atoms with E-state index in [1.807, 2.05) is 17.9 Å². The number of halogens is 2. The number of fused-ring (bicyclic) bond motifs is 1. The second kappa shape index (κ2) is 5.37. The van der Waals surface area contributed by atoms with E-state index < -0.39 is 11.2 Å². The SMILES string of the molecule is CC1(c2c(-n3cnnn3)ccc(Cl)c2F)CCN2C(=O)C=CCC21. The maximum Gasteiger partial charge on any atom is 0.246 e. The summed E-state index contributed by atoms with van der Waals surface area (Å²) < 4.78 is 16.5. The third-order valence-corrected chi connectivity index (χ3v) is 5.42. The van der Waals surface area contributed by atoms with Crippen LogP contribution in [0.2, 0.25) is 5.02 Å². The molecule has 2 unspecified atom stereocenters. The van der Waals surface area contributed by atoms with Gasteiger partial charge in [-0.05, 0) is 41.5 Å². The Morgan fingerprint density at radius 2 is 2.25 bits per heavy atom. The van der Waals surface area contributed by atoms with Crippen LogP contribution in [0, 0.1) is 5.82 Å². The van der Waals surface area contributed by atoms with E-state index in [2.05, 4.69) is 15.5 Å². The second-order valence-corrected chi connectivity index (χ2v) is 6.77. The van der Waals surface area contributed by atoms with Crippen LogP contribution in [-0.4, -0.2) is 43.6 Å². The number of aromatic nitrogens is 4. The third-order valence-electron chi connectivity index (χ3n) is 5.13. The van der Waals surface area contributed by atoms with Crippen molar-refractivity contribution in [2.24, 2.45) is 0 Å². The molecule has 2 aliphatic heterocycles. The molecule has 1 aromatic carbocycles. The van der Waals surface area contributed by atoms with Gasteiger partial charge in [-0.3, -0.25) is 4.79 Å². The lowest BCUT2D eigenvalue weighted by molar-refractivity contribution is -0.127. The van der Waals surface area contributed by atoms with Crippen molar-refractivity contribution >= 4 is 17.5 Å². The zero-order valence-corrected chi connectivity index (χ0v) is 13.7. The molecule has 0 radical (unpaired) electrons. The van der Waals surface area contributed by atoms with Crippen molar-refractivity contribution in [1.29, 1.82) is 0 Å². The van der Waals surface area contributed by atoms with E-state index in [1.165, 1.54) is 17.1 Å². The van der Waals surface area contributed by atoms with E-state index in [0.29, 0.717) is 30.6 Å². The van der Waals surface area contributed by atoms with Crippen molar-refractivity contribution in [3.8, 4) is 5.69 Å². The van der Waals surface area contributed by atoms with Gasteiger partial charge in [-0.1, -0.05) is 24.6 Å². The molecule has 1 fully saturated rings. The van der Waals surface area contributed by atoms with Gasteiger partial charge in [-0.15, -0.1) is 5.10 Å². The molecular formula is C16H15ClFN5O. The number of nitrogens with zero attached hydrogens (tertiary/aromatic N) is 5. The van der Waals surface area contributed by atoms with Gasteiger partial charge in [0.2, 0.25) is 5.91 Å². The molecular weight excluding hydrogens is 333 g/mol. The molecule has 1 amide bonds. The lowest BCUT2D eigenvalue weighted by atomic mass is 9.73. The van der Waals surface area contributed by atoms with Crippen LogP contribution in [0.15, 0.2) is 30.6 Å². The normalized spacial score (nSPS) is 26.0. The number of tetrazole rings is 1. The molecule has 0 N–H and O–H groups in total. The van der Waals surface area contributed by atoms with E-state index in [1.54, 1.807) is 12.1 Å². The highest BCUT2D eigenvalue weighted by molar-refractivity contribution is 6.30. The molecule has 124 valence electrons. The summed E-state index contributed by atoms with van der Waals surface area (Å²) in [6.45, 7) is 2.57. The fourth-order valence-electron chi connectivity index (χ4n) is 3.90. The van der Waals surface area contributed by atoms with Crippen LogP contribution < -0.4 is 0 Å². The summed E-state index contributed by atoms with van der Waals surface area (Å²) in [5.41, 5.74) is 0.433. The minimum Gasteiger partial charge on any atom is -0.335 e. The Balaban J connectivity index is 1.91. The number of hydrogen-bond acceptors (Lipinski definition) is 4. The van der Waals surface area contributed by atoms with Gasteiger partial charge in [0.15, 0.2) is 0 Å². The summed E-state index contributed by atoms with van der Waals surface area (Å²) in [6, 6.07) is 3.10. The predicted molar refractivity (Wildman–Crippen MR) is 85.3 cm³/mol. The molecule has 2 aromatic rings. The van der Waals surface area contributed by atoms with Crippen LogP contribution in [0.25, 0.3) is 5.69 Å². The minimum absolute atomic E-state index is 0.0265. The molecule has 0 aliphatic carbocycles. The molecule has 1 aromatic heterocycles. The van der Waals surface area contributed by atoms with E-state index in [0.717, 1.165) is 0 Å². The van der Waals surface area contributed by atoms with Gasteiger partial charge in [0, 0.05) is 23.6 Å². The van der Waals surface area contributed by atoms with Gasteiger partial charge in [0.25, 0.3) is 0 Å². The minimum atomic E-state index is -0.573. The quantitative estimate of drug-likeness (QED) is 0.836. The van der Waals surface area contributed by atoms with Crippen molar-refractivity contribution < 1.29 is 9.18 Å².